The van der Waals surface area contributed by atoms with Gasteiger partial charge in [-0.1, -0.05) is 6.07 Å². The molecule has 3 heterocycles. The van der Waals surface area contributed by atoms with E-state index in [2.05, 4.69) is 27.9 Å². The van der Waals surface area contributed by atoms with Crippen molar-refractivity contribution in [3.8, 4) is 0 Å². The first-order chi connectivity index (χ1) is 11.7. The number of carbonyl (C=O) groups excluding carboxylic acids is 1. The number of nitrogens with zero attached hydrogens (tertiary/aromatic N) is 3. The van der Waals surface area contributed by atoms with Gasteiger partial charge in [-0.25, -0.2) is 4.98 Å². The second kappa shape index (κ2) is 6.69. The van der Waals surface area contributed by atoms with Crippen LogP contribution in [0.25, 0.3) is 0 Å². The first kappa shape index (κ1) is 15.8. The molecule has 2 aromatic heterocycles. The third-order valence-electron chi connectivity index (χ3n) is 4.98. The molecule has 24 heavy (non-hydrogen) atoms. The fraction of sp³-hybridized carbons (Fsp3) is 0.556. The van der Waals surface area contributed by atoms with Gasteiger partial charge in [-0.2, -0.15) is 0 Å². The molecule has 2 aromatic rings. The summed E-state index contributed by atoms with van der Waals surface area (Å²) in [5.74, 6) is 2.06. The molecule has 1 aliphatic heterocycles. The Labute approximate surface area is 146 Å². The minimum atomic E-state index is 0.0429. The number of rotatable bonds is 6. The van der Waals surface area contributed by atoms with Crippen molar-refractivity contribution in [2.75, 3.05) is 13.1 Å². The number of nitrogens with one attached hydrogen (secondary N) is 1. The number of hydrogen-bond acceptors (Lipinski definition) is 4. The van der Waals surface area contributed by atoms with Crippen LogP contribution in [0.4, 0.5) is 0 Å². The van der Waals surface area contributed by atoms with Gasteiger partial charge in [-0.05, 0) is 37.1 Å². The van der Waals surface area contributed by atoms with Crippen LogP contribution in [0.15, 0.2) is 23.7 Å². The van der Waals surface area contributed by atoms with Crippen molar-refractivity contribution in [1.29, 1.82) is 0 Å². The predicted molar refractivity (Wildman–Crippen MR) is 94.8 cm³/mol. The Morgan fingerprint density at radius 1 is 1.42 bits per heavy atom. The van der Waals surface area contributed by atoms with Crippen molar-refractivity contribution in [3.63, 3.8) is 0 Å². The van der Waals surface area contributed by atoms with Crippen LogP contribution in [-0.4, -0.2) is 33.4 Å². The van der Waals surface area contributed by atoms with Crippen LogP contribution in [0.1, 0.15) is 42.2 Å². The molecule has 0 saturated heterocycles. The highest BCUT2D eigenvalue weighted by Gasteiger charge is 2.31. The number of carbonyl (C=O) groups is 1. The molecule has 1 N–H and O–H groups in total. The third-order valence-corrected chi connectivity index (χ3v) is 5.85. The van der Waals surface area contributed by atoms with Crippen LogP contribution >= 0.6 is 11.3 Å². The molecule has 1 saturated carbocycles. The average molecular weight is 344 g/mol. The maximum absolute atomic E-state index is 12.2. The van der Waals surface area contributed by atoms with Crippen molar-refractivity contribution in [1.82, 2.24) is 19.8 Å². The van der Waals surface area contributed by atoms with Crippen LogP contribution in [0.5, 0.6) is 0 Å². The molecule has 128 valence electrons. The van der Waals surface area contributed by atoms with Crippen LogP contribution in [0.3, 0.4) is 0 Å². The van der Waals surface area contributed by atoms with Gasteiger partial charge in [0, 0.05) is 30.7 Å². The first-order valence-electron chi connectivity index (χ1n) is 8.78. The third kappa shape index (κ3) is 3.54. The van der Waals surface area contributed by atoms with E-state index >= 15 is 0 Å². The van der Waals surface area contributed by atoms with Gasteiger partial charge in [0.1, 0.15) is 5.82 Å². The number of aromatic nitrogens is 2. The molecule has 1 amide bonds. The molecular formula is C18H24N4OS. The zero-order valence-electron chi connectivity index (χ0n) is 14.1. The minimum absolute atomic E-state index is 0.0429. The molecule has 2 aliphatic rings. The normalized spacial score (nSPS) is 20.8. The molecule has 0 aromatic carbocycles. The molecule has 6 heteroatoms. The summed E-state index contributed by atoms with van der Waals surface area (Å²) in [6.45, 7) is 6.11. The topological polar surface area (TPSA) is 50.2 Å². The van der Waals surface area contributed by atoms with Gasteiger partial charge in [-0.15, -0.1) is 11.3 Å². The van der Waals surface area contributed by atoms with E-state index < -0.39 is 0 Å². The van der Waals surface area contributed by atoms with Crippen LogP contribution < -0.4 is 5.32 Å². The minimum Gasteiger partial charge on any atom is -0.351 e. The molecule has 1 unspecified atom stereocenters. The Hall–Kier alpha value is -1.66. The molecular weight excluding hydrogens is 320 g/mol. The molecule has 0 radical (unpaired) electrons. The second-order valence-corrected chi connectivity index (χ2v) is 7.96. The van der Waals surface area contributed by atoms with Gasteiger partial charge in [0.25, 0.3) is 0 Å². The highest BCUT2D eigenvalue weighted by Crippen LogP contribution is 2.33. The zero-order chi connectivity index (χ0) is 16.5. The molecule has 1 atom stereocenters. The smallest absolute Gasteiger partial charge is 0.226 e. The summed E-state index contributed by atoms with van der Waals surface area (Å²) in [7, 11) is 0. The largest absolute Gasteiger partial charge is 0.351 e. The van der Waals surface area contributed by atoms with Gasteiger partial charge < -0.3 is 9.88 Å². The van der Waals surface area contributed by atoms with E-state index in [1.165, 1.54) is 24.3 Å². The van der Waals surface area contributed by atoms with Crippen molar-refractivity contribution >= 4 is 17.2 Å². The number of imidazole rings is 1. The van der Waals surface area contributed by atoms with Crippen molar-refractivity contribution in [3.05, 3.63) is 40.1 Å². The van der Waals surface area contributed by atoms with Crippen LogP contribution in [-0.2, 0) is 24.3 Å². The number of hydrogen-bond donors (Lipinski definition) is 1. The fourth-order valence-corrected chi connectivity index (χ4v) is 4.03. The first-order valence-corrected chi connectivity index (χ1v) is 9.66. The van der Waals surface area contributed by atoms with Gasteiger partial charge in [0.15, 0.2) is 0 Å². The van der Waals surface area contributed by atoms with Gasteiger partial charge in [0.05, 0.1) is 24.7 Å². The second-order valence-electron chi connectivity index (χ2n) is 6.93. The zero-order valence-corrected chi connectivity index (χ0v) is 14.9. The van der Waals surface area contributed by atoms with E-state index in [1.54, 1.807) is 11.3 Å². The van der Waals surface area contributed by atoms with Crippen molar-refractivity contribution in [2.24, 2.45) is 5.92 Å². The average Bonchev–Trinajstić information content (AvgIpc) is 3.07. The summed E-state index contributed by atoms with van der Waals surface area (Å²) < 4.78 is 2.23. The lowest BCUT2D eigenvalue weighted by atomic mass is 10.2. The van der Waals surface area contributed by atoms with Gasteiger partial charge in [0.2, 0.25) is 5.91 Å². The summed E-state index contributed by atoms with van der Waals surface area (Å²) in [6, 6.07) is 4.39. The summed E-state index contributed by atoms with van der Waals surface area (Å²) in [5.41, 5.74) is 0.883. The maximum Gasteiger partial charge on any atom is 0.226 e. The molecule has 1 aliphatic carbocycles. The highest BCUT2D eigenvalue weighted by molar-refractivity contribution is 7.09. The van der Waals surface area contributed by atoms with E-state index in [-0.39, 0.29) is 5.91 Å². The van der Waals surface area contributed by atoms with Crippen LogP contribution in [0.2, 0.25) is 0 Å². The Bertz CT molecular complexity index is 705. The van der Waals surface area contributed by atoms with Gasteiger partial charge >= 0.3 is 0 Å². The molecule has 1 fully saturated rings. The van der Waals surface area contributed by atoms with E-state index in [9.17, 15) is 4.79 Å². The predicted octanol–water partition coefficient (Wildman–Crippen LogP) is 2.59. The van der Waals surface area contributed by atoms with Crippen molar-refractivity contribution in [2.45, 2.75) is 45.3 Å². The summed E-state index contributed by atoms with van der Waals surface area (Å²) in [5, 5.41) is 5.01. The molecule has 0 bridgehead atoms. The van der Waals surface area contributed by atoms with Crippen LogP contribution in [0, 0.1) is 5.92 Å². The summed E-state index contributed by atoms with van der Waals surface area (Å²) in [4.78, 5) is 20.6. The van der Waals surface area contributed by atoms with Gasteiger partial charge in [-0.3, -0.25) is 9.69 Å². The van der Waals surface area contributed by atoms with E-state index in [0.29, 0.717) is 19.0 Å². The summed E-state index contributed by atoms with van der Waals surface area (Å²) in [6.07, 6.45) is 5.19. The van der Waals surface area contributed by atoms with E-state index in [1.807, 2.05) is 17.5 Å². The monoisotopic (exact) mass is 344 g/mol. The molecule has 0 spiro atoms. The van der Waals surface area contributed by atoms with E-state index in [4.69, 9.17) is 4.98 Å². The number of amides is 1. The lowest BCUT2D eigenvalue weighted by Crippen LogP contribution is -2.38. The quantitative estimate of drug-likeness (QED) is 0.876. The Balaban J connectivity index is 1.36. The lowest BCUT2D eigenvalue weighted by molar-refractivity contribution is -0.120. The Kier molecular flexibility index (Phi) is 4.41. The standard InChI is InChI=1S/C18H24N4OS/c1-13-18-20-15(9-17(23)19-10-16-3-2-8-24-16)12-22(18)7-6-21(13)11-14-4-5-14/h2-3,8,12-14H,4-7,9-11H2,1H3,(H,19,23). The Morgan fingerprint density at radius 3 is 3.04 bits per heavy atom. The van der Waals surface area contributed by atoms with Crippen molar-refractivity contribution < 1.29 is 4.79 Å². The molecule has 4 rings (SSSR count). The lowest BCUT2D eigenvalue weighted by Gasteiger charge is -2.33. The highest BCUT2D eigenvalue weighted by atomic mass is 32.1. The molecule has 5 nitrogen and oxygen atoms in total. The fourth-order valence-electron chi connectivity index (χ4n) is 3.38. The number of thiophene rings is 1. The SMILES string of the molecule is CC1c2nc(CC(=O)NCc3cccs3)cn2CCN1CC1CC1. The Morgan fingerprint density at radius 2 is 2.29 bits per heavy atom. The van der Waals surface area contributed by atoms with E-state index in [0.717, 1.165) is 30.5 Å². The maximum atomic E-state index is 12.2. The summed E-state index contributed by atoms with van der Waals surface area (Å²) >= 11 is 1.66. The number of fused-ring (bicyclic) bond motifs is 1.